The molecule has 4 aromatic rings. The van der Waals surface area contributed by atoms with E-state index in [-0.39, 0.29) is 41.1 Å². The lowest BCUT2D eigenvalue weighted by molar-refractivity contribution is 0.135. The first-order valence-corrected chi connectivity index (χ1v) is 11.7. The van der Waals surface area contributed by atoms with Crippen LogP contribution in [0.1, 0.15) is 23.8 Å². The number of alkyl halides is 2. The lowest BCUT2D eigenvalue weighted by Crippen LogP contribution is -2.24. The molecule has 14 heteroatoms. The number of benzene rings is 1. The van der Waals surface area contributed by atoms with Crippen molar-refractivity contribution in [3.05, 3.63) is 66.1 Å². The lowest BCUT2D eigenvalue weighted by atomic mass is 10.1. The Bertz CT molecular complexity index is 1470. The number of thioether (sulfide) groups is 1. The van der Waals surface area contributed by atoms with Crippen LogP contribution in [0.2, 0.25) is 0 Å². The van der Waals surface area contributed by atoms with Crippen LogP contribution in [0, 0.1) is 11.6 Å². The zero-order valence-corrected chi connectivity index (χ0v) is 20.0. The number of pyridine rings is 1. The molecule has 0 spiro atoms. The summed E-state index contributed by atoms with van der Waals surface area (Å²) >= 11 is 0.671. The molecule has 2 atom stereocenters. The van der Waals surface area contributed by atoms with Crippen LogP contribution in [-0.2, 0) is 6.61 Å². The molecule has 0 radical (unpaired) electrons. The molecule has 1 saturated carbocycles. The van der Waals surface area contributed by atoms with E-state index in [0.717, 1.165) is 6.07 Å². The fourth-order valence-electron chi connectivity index (χ4n) is 3.89. The number of anilines is 2. The number of oxazole rings is 1. The van der Waals surface area contributed by atoms with Crippen LogP contribution in [0.4, 0.5) is 29.1 Å². The van der Waals surface area contributed by atoms with Crippen molar-refractivity contribution in [2.24, 2.45) is 10.7 Å². The van der Waals surface area contributed by atoms with Gasteiger partial charge in [-0.15, -0.1) is 0 Å². The molecule has 3 heterocycles. The first kappa shape index (κ1) is 24.7. The molecule has 5 rings (SSSR count). The largest absolute Gasteiger partial charge is 0.467 e. The molecular formula is C23H19F4N7O2S. The number of nitrogens with two attached hydrogens (primary N) is 1. The Morgan fingerprint density at radius 1 is 1.30 bits per heavy atom. The molecule has 1 aromatic carbocycles. The Labute approximate surface area is 211 Å². The Hall–Kier alpha value is -3.94. The number of hydrogen-bond donors (Lipinski definition) is 2. The Kier molecular flexibility index (Phi) is 6.58. The number of halogens is 4. The first-order chi connectivity index (χ1) is 17.8. The Morgan fingerprint density at radius 3 is 2.86 bits per heavy atom. The second-order valence-electron chi connectivity index (χ2n) is 8.11. The number of fused-ring (bicyclic) bond motifs is 1. The molecular weight excluding hydrogens is 514 g/mol. The van der Waals surface area contributed by atoms with Crippen molar-refractivity contribution in [2.75, 3.05) is 12.4 Å². The highest BCUT2D eigenvalue weighted by Crippen LogP contribution is 2.64. The first-order valence-electron chi connectivity index (χ1n) is 10.9. The van der Waals surface area contributed by atoms with Gasteiger partial charge in [0.1, 0.15) is 11.8 Å². The summed E-state index contributed by atoms with van der Waals surface area (Å²) in [5.41, 5.74) is 6.31. The van der Waals surface area contributed by atoms with Crippen LogP contribution in [-0.4, -0.2) is 43.3 Å². The van der Waals surface area contributed by atoms with Crippen LogP contribution in [0.3, 0.4) is 0 Å². The van der Waals surface area contributed by atoms with Gasteiger partial charge in [0, 0.05) is 30.9 Å². The average molecular weight is 534 g/mol. The maximum absolute atomic E-state index is 14.7. The van der Waals surface area contributed by atoms with Crippen molar-refractivity contribution >= 4 is 39.5 Å². The van der Waals surface area contributed by atoms with Crippen molar-refractivity contribution in [3.8, 4) is 5.88 Å². The van der Waals surface area contributed by atoms with Crippen LogP contribution < -0.4 is 15.8 Å². The maximum atomic E-state index is 14.7. The van der Waals surface area contributed by atoms with Gasteiger partial charge in [-0.3, -0.25) is 4.99 Å². The second kappa shape index (κ2) is 9.84. The van der Waals surface area contributed by atoms with Gasteiger partial charge in [0.05, 0.1) is 22.7 Å². The fraction of sp³-hybridized carbons (Fsp3) is 0.261. The zero-order chi connectivity index (χ0) is 26.2. The summed E-state index contributed by atoms with van der Waals surface area (Å²) in [6.45, 7) is 0.0519. The van der Waals surface area contributed by atoms with Gasteiger partial charge in [-0.05, 0) is 24.1 Å². The predicted molar refractivity (Wildman–Crippen MR) is 129 cm³/mol. The van der Waals surface area contributed by atoms with Crippen LogP contribution in [0.5, 0.6) is 5.88 Å². The summed E-state index contributed by atoms with van der Waals surface area (Å²) in [4.78, 5) is 20.6. The number of rotatable bonds is 8. The number of hydrogen-bond acceptors (Lipinski definition) is 9. The number of ether oxygens (including phenoxy) is 1. The highest BCUT2D eigenvalue weighted by Gasteiger charge is 2.63. The number of nitrogens with zero attached hydrogens (tertiary/aromatic N) is 5. The van der Waals surface area contributed by atoms with Gasteiger partial charge in [0.25, 0.3) is 6.43 Å². The minimum absolute atomic E-state index is 0.0519. The second-order valence-corrected chi connectivity index (χ2v) is 9.50. The van der Waals surface area contributed by atoms with Crippen molar-refractivity contribution in [2.45, 2.75) is 30.1 Å². The van der Waals surface area contributed by atoms with Crippen molar-refractivity contribution in [3.63, 3.8) is 0 Å². The summed E-state index contributed by atoms with van der Waals surface area (Å²) < 4.78 is 66.1. The predicted octanol–water partition coefficient (Wildman–Crippen LogP) is 4.78. The molecule has 1 aliphatic rings. The number of aromatic nitrogens is 4. The quantitative estimate of drug-likeness (QED) is 0.187. The van der Waals surface area contributed by atoms with Gasteiger partial charge in [-0.25, -0.2) is 37.5 Å². The summed E-state index contributed by atoms with van der Waals surface area (Å²) in [5.74, 6) is -2.56. The maximum Gasteiger partial charge on any atom is 0.254 e. The SMILES string of the molecule is CN=C(N)S[C@@]1(C(F)F)C[C@H]1c1cc(Nc2nccc3nc(OCc4ncco4)cnc23)cc(F)c1F. The summed E-state index contributed by atoms with van der Waals surface area (Å²) in [7, 11) is 1.37. The number of amidine groups is 1. The molecule has 1 aliphatic carbocycles. The molecule has 0 unspecified atom stereocenters. The topological polar surface area (TPSA) is 124 Å². The molecule has 37 heavy (non-hydrogen) atoms. The highest BCUT2D eigenvalue weighted by molar-refractivity contribution is 8.15. The van der Waals surface area contributed by atoms with Gasteiger partial charge in [0.15, 0.2) is 29.2 Å². The summed E-state index contributed by atoms with van der Waals surface area (Å²) in [5, 5.41) is 2.84. The van der Waals surface area contributed by atoms with Crippen molar-refractivity contribution < 1.29 is 26.7 Å². The van der Waals surface area contributed by atoms with Gasteiger partial charge in [0.2, 0.25) is 11.8 Å². The molecule has 3 aromatic heterocycles. The van der Waals surface area contributed by atoms with E-state index in [1.807, 2.05) is 0 Å². The Balaban J connectivity index is 1.41. The summed E-state index contributed by atoms with van der Waals surface area (Å²) in [6.07, 6.45) is 2.82. The van der Waals surface area contributed by atoms with Gasteiger partial charge >= 0.3 is 0 Å². The zero-order valence-electron chi connectivity index (χ0n) is 19.2. The lowest BCUT2D eigenvalue weighted by Gasteiger charge is -2.17. The van der Waals surface area contributed by atoms with E-state index in [0.29, 0.717) is 28.7 Å². The minimum Gasteiger partial charge on any atom is -0.467 e. The summed E-state index contributed by atoms with van der Waals surface area (Å²) in [6, 6.07) is 3.80. The molecule has 0 aliphatic heterocycles. The van der Waals surface area contributed by atoms with E-state index in [2.05, 4.69) is 30.2 Å². The highest BCUT2D eigenvalue weighted by atomic mass is 32.2. The standard InChI is InChI=1S/C23H19F4N7O2S/c1-29-22(28)37-23(21(26)27)8-13(23)12-6-11(7-14(24)18(12)25)33-20-19-15(2-3-31-20)34-16(9-32-19)36-10-17-30-4-5-35-17/h2-7,9,13,21H,8,10H2,1H3,(H2,28,29)(H,31,33)/t13-,23-/m0/s1. The third-order valence-corrected chi connectivity index (χ3v) is 7.20. The normalized spacial score (nSPS) is 19.4. The molecule has 0 bridgehead atoms. The van der Waals surface area contributed by atoms with Gasteiger partial charge < -0.3 is 20.2 Å². The van der Waals surface area contributed by atoms with E-state index in [4.69, 9.17) is 14.9 Å². The van der Waals surface area contributed by atoms with E-state index >= 15 is 0 Å². The monoisotopic (exact) mass is 533 g/mol. The molecule has 9 nitrogen and oxygen atoms in total. The van der Waals surface area contributed by atoms with Crippen LogP contribution in [0.15, 0.2) is 52.5 Å². The molecule has 0 amide bonds. The van der Waals surface area contributed by atoms with Gasteiger partial charge in [-0.1, -0.05) is 11.8 Å². The minimum atomic E-state index is -2.82. The van der Waals surface area contributed by atoms with Crippen LogP contribution in [0.25, 0.3) is 11.0 Å². The Morgan fingerprint density at radius 2 is 2.14 bits per heavy atom. The van der Waals surface area contributed by atoms with Crippen molar-refractivity contribution in [1.82, 2.24) is 19.9 Å². The van der Waals surface area contributed by atoms with Gasteiger partial charge in [-0.2, -0.15) is 0 Å². The van der Waals surface area contributed by atoms with E-state index < -0.39 is 28.7 Å². The van der Waals surface area contributed by atoms with Crippen LogP contribution >= 0.6 is 11.8 Å². The molecule has 1 fully saturated rings. The number of nitrogens with one attached hydrogen (secondary N) is 1. The number of aliphatic imine (C=N–C) groups is 1. The molecule has 3 N–H and O–H groups in total. The third kappa shape index (κ3) is 4.88. The van der Waals surface area contributed by atoms with E-state index in [1.165, 1.54) is 38.0 Å². The van der Waals surface area contributed by atoms with Crippen molar-refractivity contribution in [1.29, 1.82) is 0 Å². The van der Waals surface area contributed by atoms with E-state index in [9.17, 15) is 17.6 Å². The average Bonchev–Trinajstić information content (AvgIpc) is 3.36. The fourth-order valence-corrected chi connectivity index (χ4v) is 4.98. The molecule has 0 saturated heterocycles. The third-order valence-electron chi connectivity index (χ3n) is 5.80. The molecule has 192 valence electrons. The van der Waals surface area contributed by atoms with E-state index in [1.54, 1.807) is 6.07 Å². The smallest absolute Gasteiger partial charge is 0.254 e.